The molecule has 4 bridgehead atoms. The molecule has 3 nitrogen and oxygen atoms in total. The standard InChI is InChI=1S/C19H25F9O3/c1-3-13(2,17(20,21)22)12(31-30)14-5-10-4-11(6-14)8-15(7-10,9-14)16(29,18(23,24)25)19(26,27)28/h10-12,29-30H,3-9H2,1-2H3. The Labute approximate surface area is 172 Å². The Morgan fingerprint density at radius 1 is 0.871 bits per heavy atom. The fraction of sp³-hybridized carbons (Fsp3) is 1.00. The predicted octanol–water partition coefficient (Wildman–Crippen LogP) is 6.27. The number of alkyl halides is 9. The van der Waals surface area contributed by atoms with Crippen LogP contribution >= 0.6 is 0 Å². The van der Waals surface area contributed by atoms with E-state index in [1.165, 1.54) is 0 Å². The molecule has 4 rings (SSSR count). The Morgan fingerprint density at radius 2 is 1.32 bits per heavy atom. The lowest BCUT2D eigenvalue weighted by molar-refractivity contribution is -0.434. The Morgan fingerprint density at radius 3 is 1.65 bits per heavy atom. The van der Waals surface area contributed by atoms with Gasteiger partial charge in [-0.2, -0.15) is 39.5 Å². The average Bonchev–Trinajstić information content (AvgIpc) is 2.56. The maximum atomic E-state index is 13.9. The van der Waals surface area contributed by atoms with Gasteiger partial charge in [0, 0.05) is 10.8 Å². The summed E-state index contributed by atoms with van der Waals surface area (Å²) in [6.45, 7) is 1.91. The summed E-state index contributed by atoms with van der Waals surface area (Å²) in [5, 5.41) is 19.8. The molecule has 0 heterocycles. The molecule has 4 saturated carbocycles. The van der Waals surface area contributed by atoms with Crippen LogP contribution in [0.3, 0.4) is 0 Å². The van der Waals surface area contributed by atoms with Gasteiger partial charge in [0.1, 0.15) is 6.10 Å². The van der Waals surface area contributed by atoms with Gasteiger partial charge in [0.2, 0.25) is 0 Å². The molecule has 0 radical (unpaired) electrons. The van der Waals surface area contributed by atoms with E-state index in [1.807, 2.05) is 0 Å². The summed E-state index contributed by atoms with van der Waals surface area (Å²) in [5.74, 6) is -1.49. The van der Waals surface area contributed by atoms with Gasteiger partial charge in [-0.15, -0.1) is 0 Å². The number of halogens is 9. The highest BCUT2D eigenvalue weighted by molar-refractivity contribution is 5.20. The van der Waals surface area contributed by atoms with Gasteiger partial charge in [-0.3, -0.25) is 5.26 Å². The van der Waals surface area contributed by atoms with E-state index in [1.54, 1.807) is 0 Å². The summed E-state index contributed by atoms with van der Waals surface area (Å²) in [5.41, 5.74) is -12.3. The molecule has 4 atom stereocenters. The smallest absolute Gasteiger partial charge is 0.373 e. The predicted molar refractivity (Wildman–Crippen MR) is 88.6 cm³/mol. The largest absolute Gasteiger partial charge is 0.426 e. The molecule has 4 aliphatic carbocycles. The monoisotopic (exact) mass is 472 g/mol. The quantitative estimate of drug-likeness (QED) is 0.282. The summed E-state index contributed by atoms with van der Waals surface area (Å²) in [6.07, 6.45) is -21.9. The van der Waals surface area contributed by atoms with Crippen LogP contribution in [0.1, 0.15) is 58.8 Å². The molecule has 2 N–H and O–H groups in total. The molecule has 182 valence electrons. The Kier molecular flexibility index (Phi) is 5.52. The molecule has 0 aromatic heterocycles. The van der Waals surface area contributed by atoms with Gasteiger partial charge < -0.3 is 5.11 Å². The van der Waals surface area contributed by atoms with E-state index in [2.05, 4.69) is 4.89 Å². The van der Waals surface area contributed by atoms with E-state index >= 15 is 0 Å². The molecule has 0 aromatic carbocycles. The van der Waals surface area contributed by atoms with Crippen molar-refractivity contribution in [1.82, 2.24) is 0 Å². The van der Waals surface area contributed by atoms with Crippen LogP contribution in [-0.2, 0) is 4.89 Å². The summed E-state index contributed by atoms with van der Waals surface area (Å²) < 4.78 is 124. The van der Waals surface area contributed by atoms with Gasteiger partial charge in [-0.05, 0) is 63.7 Å². The summed E-state index contributed by atoms with van der Waals surface area (Å²) in [6, 6.07) is 0. The summed E-state index contributed by atoms with van der Waals surface area (Å²) >= 11 is 0. The van der Waals surface area contributed by atoms with Gasteiger partial charge >= 0.3 is 18.5 Å². The van der Waals surface area contributed by atoms with Gasteiger partial charge in [0.05, 0.1) is 5.41 Å². The maximum Gasteiger partial charge on any atom is 0.426 e. The van der Waals surface area contributed by atoms with Gasteiger partial charge in [0.15, 0.2) is 0 Å². The highest BCUT2D eigenvalue weighted by atomic mass is 19.4. The van der Waals surface area contributed by atoms with Crippen LogP contribution in [0.2, 0.25) is 0 Å². The second-order valence-electron chi connectivity index (χ2n) is 10.1. The van der Waals surface area contributed by atoms with Gasteiger partial charge in [-0.25, -0.2) is 4.89 Å². The SMILES string of the molecule is CCC(C)(C(OO)C12CC3CC(C1)CC(C(O)(C(F)(F)F)C(F)(F)F)(C3)C2)C(F)(F)F. The molecule has 12 heteroatoms. The minimum atomic E-state index is -6.08. The third-order valence-corrected chi connectivity index (χ3v) is 8.32. The van der Waals surface area contributed by atoms with Gasteiger partial charge in [-0.1, -0.05) is 6.92 Å². The fourth-order valence-electron chi connectivity index (χ4n) is 7.26. The molecular formula is C19H25F9O3. The third-order valence-electron chi connectivity index (χ3n) is 8.32. The van der Waals surface area contributed by atoms with Crippen LogP contribution in [0.5, 0.6) is 0 Å². The first kappa shape index (κ1) is 24.9. The lowest BCUT2D eigenvalue weighted by Crippen LogP contribution is -2.74. The zero-order valence-electron chi connectivity index (χ0n) is 16.9. The molecule has 0 aromatic rings. The van der Waals surface area contributed by atoms with Crippen molar-refractivity contribution in [2.45, 2.75) is 89.0 Å². The maximum absolute atomic E-state index is 13.9. The molecule has 0 amide bonds. The molecule has 4 unspecified atom stereocenters. The number of aliphatic hydroxyl groups is 1. The molecule has 4 aliphatic rings. The van der Waals surface area contributed by atoms with Crippen molar-refractivity contribution in [2.75, 3.05) is 0 Å². The van der Waals surface area contributed by atoms with E-state index in [0.717, 1.165) is 13.8 Å². The molecule has 31 heavy (non-hydrogen) atoms. The molecular weight excluding hydrogens is 447 g/mol. The van der Waals surface area contributed by atoms with E-state index in [9.17, 15) is 49.9 Å². The zero-order valence-corrected chi connectivity index (χ0v) is 16.9. The van der Waals surface area contributed by atoms with Crippen LogP contribution in [0.15, 0.2) is 0 Å². The molecule has 4 fully saturated rings. The van der Waals surface area contributed by atoms with Crippen molar-refractivity contribution in [3.63, 3.8) is 0 Å². The summed E-state index contributed by atoms with van der Waals surface area (Å²) in [4.78, 5) is 4.28. The Balaban J connectivity index is 2.18. The highest BCUT2D eigenvalue weighted by Crippen LogP contribution is 2.74. The second kappa shape index (κ2) is 6.88. The first-order chi connectivity index (χ1) is 13.8. The van der Waals surface area contributed by atoms with Crippen molar-refractivity contribution in [3.8, 4) is 0 Å². The van der Waals surface area contributed by atoms with Crippen molar-refractivity contribution >= 4 is 0 Å². The van der Waals surface area contributed by atoms with Crippen LogP contribution in [0, 0.1) is 28.1 Å². The Bertz CT molecular complexity index is 671. The molecule has 0 aliphatic heterocycles. The number of hydrogen-bond acceptors (Lipinski definition) is 3. The first-order valence-electron chi connectivity index (χ1n) is 10.1. The zero-order chi connectivity index (χ0) is 23.9. The fourth-order valence-corrected chi connectivity index (χ4v) is 7.26. The van der Waals surface area contributed by atoms with Crippen molar-refractivity contribution in [1.29, 1.82) is 0 Å². The van der Waals surface area contributed by atoms with Crippen LogP contribution < -0.4 is 0 Å². The minimum absolute atomic E-state index is 0.103. The topological polar surface area (TPSA) is 49.7 Å². The Hall–Kier alpha value is -0.750. The lowest BCUT2D eigenvalue weighted by Gasteiger charge is -2.68. The van der Waals surface area contributed by atoms with E-state index in [4.69, 9.17) is 0 Å². The first-order valence-corrected chi connectivity index (χ1v) is 10.1. The van der Waals surface area contributed by atoms with Crippen LogP contribution in [0.4, 0.5) is 39.5 Å². The number of hydrogen-bond donors (Lipinski definition) is 2. The van der Waals surface area contributed by atoms with Crippen molar-refractivity contribution in [3.05, 3.63) is 0 Å². The van der Waals surface area contributed by atoms with Crippen LogP contribution in [-0.4, -0.2) is 40.6 Å². The van der Waals surface area contributed by atoms with Crippen molar-refractivity contribution in [2.24, 2.45) is 28.1 Å². The minimum Gasteiger partial charge on any atom is -0.373 e. The molecule has 0 saturated heterocycles. The van der Waals surface area contributed by atoms with E-state index in [-0.39, 0.29) is 19.3 Å². The van der Waals surface area contributed by atoms with Gasteiger partial charge in [0.25, 0.3) is 5.60 Å². The van der Waals surface area contributed by atoms with E-state index < -0.39 is 84.0 Å². The highest BCUT2D eigenvalue weighted by Gasteiger charge is 2.83. The normalized spacial score (nSPS) is 37.1. The summed E-state index contributed by atoms with van der Waals surface area (Å²) in [7, 11) is 0. The third kappa shape index (κ3) is 3.21. The van der Waals surface area contributed by atoms with E-state index in [0.29, 0.717) is 0 Å². The second-order valence-corrected chi connectivity index (χ2v) is 10.1. The average molecular weight is 472 g/mol. The van der Waals surface area contributed by atoms with Crippen LogP contribution in [0.25, 0.3) is 0 Å². The lowest BCUT2D eigenvalue weighted by atomic mass is 9.38. The number of rotatable bonds is 5. The molecule has 0 spiro atoms. The van der Waals surface area contributed by atoms with Crippen molar-refractivity contribution < 1.29 is 54.8 Å².